The number of benzene rings is 3. The van der Waals surface area contributed by atoms with Gasteiger partial charge in [0.25, 0.3) is 10.0 Å². The summed E-state index contributed by atoms with van der Waals surface area (Å²) in [5.41, 5.74) is 3.73. The molecule has 0 unspecified atom stereocenters. The van der Waals surface area contributed by atoms with Crippen LogP contribution in [-0.2, 0) is 24.8 Å². The van der Waals surface area contributed by atoms with Gasteiger partial charge in [0.05, 0.1) is 16.8 Å². The van der Waals surface area contributed by atoms with Gasteiger partial charge < -0.3 is 5.32 Å². The van der Waals surface area contributed by atoms with Crippen molar-refractivity contribution in [2.75, 3.05) is 27.1 Å². The Balaban J connectivity index is 1.74. The van der Waals surface area contributed by atoms with Crippen molar-refractivity contribution in [3.05, 3.63) is 83.4 Å². The van der Waals surface area contributed by atoms with Gasteiger partial charge in [-0.25, -0.2) is 16.8 Å². The first kappa shape index (κ1) is 25.3. The molecule has 0 aromatic heterocycles. The van der Waals surface area contributed by atoms with Crippen molar-refractivity contribution in [3.8, 4) is 0 Å². The van der Waals surface area contributed by atoms with Gasteiger partial charge in [0.1, 0.15) is 6.54 Å². The van der Waals surface area contributed by atoms with Gasteiger partial charge in [-0.1, -0.05) is 24.3 Å². The lowest BCUT2D eigenvalue weighted by atomic mass is 10.1. The fourth-order valence-electron chi connectivity index (χ4n) is 3.34. The van der Waals surface area contributed by atoms with Crippen LogP contribution in [0.3, 0.4) is 0 Å². The van der Waals surface area contributed by atoms with Gasteiger partial charge in [-0.15, -0.1) is 0 Å². The molecule has 0 spiro atoms. The Bertz CT molecular complexity index is 1420. The third-order valence-corrected chi connectivity index (χ3v) is 7.56. The minimum absolute atomic E-state index is 0.0279. The fraction of sp³-hybridized carbons (Fsp3) is 0.208. The van der Waals surface area contributed by atoms with Crippen molar-refractivity contribution in [1.82, 2.24) is 0 Å². The van der Waals surface area contributed by atoms with Crippen LogP contribution in [0.2, 0.25) is 0 Å². The molecule has 8 nitrogen and oxygen atoms in total. The lowest BCUT2D eigenvalue weighted by Gasteiger charge is -2.24. The normalized spacial score (nSPS) is 11.6. The molecule has 3 aromatic carbocycles. The molecular formula is C24H27N3O5S2. The molecule has 0 fully saturated rings. The van der Waals surface area contributed by atoms with E-state index in [1.165, 1.54) is 24.3 Å². The topological polar surface area (TPSA) is 113 Å². The minimum Gasteiger partial charge on any atom is -0.325 e. The molecule has 0 aliphatic heterocycles. The van der Waals surface area contributed by atoms with Gasteiger partial charge >= 0.3 is 0 Å². The van der Waals surface area contributed by atoms with Crippen LogP contribution in [0.5, 0.6) is 0 Å². The molecule has 3 aromatic rings. The highest BCUT2D eigenvalue weighted by molar-refractivity contribution is 7.92. The third kappa shape index (κ3) is 6.36. The average Bonchev–Trinajstić information content (AvgIpc) is 2.73. The molecule has 0 saturated carbocycles. The number of carbonyl (C=O) groups is 1. The second-order valence-corrected chi connectivity index (χ2v) is 11.7. The first-order chi connectivity index (χ1) is 15.8. The lowest BCUT2D eigenvalue weighted by molar-refractivity contribution is -0.114. The number of hydrogen-bond acceptors (Lipinski definition) is 5. The van der Waals surface area contributed by atoms with E-state index in [1.807, 2.05) is 26.0 Å². The standard InChI is InChI=1S/C24H27N3O5S2/c1-17-6-5-7-21(14-17)26-34(31,32)22-12-10-20(11-13-22)25-24(28)16-27(33(4,29)30)23-15-18(2)8-9-19(23)3/h5-15,26H,16H2,1-4H3,(H,25,28). The molecule has 0 bridgehead atoms. The highest BCUT2D eigenvalue weighted by Crippen LogP contribution is 2.24. The molecule has 0 saturated heterocycles. The summed E-state index contributed by atoms with van der Waals surface area (Å²) in [4.78, 5) is 12.7. The molecule has 0 aliphatic carbocycles. The highest BCUT2D eigenvalue weighted by atomic mass is 32.2. The second kappa shape index (κ2) is 9.86. The summed E-state index contributed by atoms with van der Waals surface area (Å²) in [6.07, 6.45) is 1.04. The number of nitrogens with one attached hydrogen (secondary N) is 2. The molecule has 1 amide bonds. The van der Waals surface area contributed by atoms with E-state index in [0.717, 1.165) is 27.3 Å². The van der Waals surface area contributed by atoms with E-state index >= 15 is 0 Å². The predicted molar refractivity (Wildman–Crippen MR) is 135 cm³/mol. The Morgan fingerprint density at radius 2 is 1.47 bits per heavy atom. The monoisotopic (exact) mass is 501 g/mol. The molecule has 0 radical (unpaired) electrons. The summed E-state index contributed by atoms with van der Waals surface area (Å²) >= 11 is 0. The van der Waals surface area contributed by atoms with Crippen LogP contribution >= 0.6 is 0 Å². The summed E-state index contributed by atoms with van der Waals surface area (Å²) in [6, 6.07) is 18.0. The predicted octanol–water partition coefficient (Wildman–Crippen LogP) is 3.82. The van der Waals surface area contributed by atoms with Crippen LogP contribution < -0.4 is 14.3 Å². The average molecular weight is 502 g/mol. The highest BCUT2D eigenvalue weighted by Gasteiger charge is 2.23. The van der Waals surface area contributed by atoms with Crippen LogP contribution in [0.15, 0.2) is 71.6 Å². The maximum Gasteiger partial charge on any atom is 0.261 e. The number of amides is 1. The first-order valence-corrected chi connectivity index (χ1v) is 13.7. The van der Waals surface area contributed by atoms with Gasteiger partial charge in [-0.05, 0) is 79.9 Å². The van der Waals surface area contributed by atoms with Crippen molar-refractivity contribution in [1.29, 1.82) is 0 Å². The molecule has 0 atom stereocenters. The zero-order valence-corrected chi connectivity index (χ0v) is 21.0. The zero-order chi connectivity index (χ0) is 25.1. The Labute approximate surface area is 200 Å². The summed E-state index contributed by atoms with van der Waals surface area (Å²) in [5, 5.41) is 2.62. The summed E-state index contributed by atoms with van der Waals surface area (Å²) in [7, 11) is -7.53. The van der Waals surface area contributed by atoms with E-state index in [-0.39, 0.29) is 4.90 Å². The van der Waals surface area contributed by atoms with Crippen LogP contribution in [0, 0.1) is 20.8 Å². The van der Waals surface area contributed by atoms with Crippen molar-refractivity contribution < 1.29 is 21.6 Å². The Hall–Kier alpha value is -3.37. The second-order valence-electron chi connectivity index (χ2n) is 8.11. The number of nitrogens with zero attached hydrogens (tertiary/aromatic N) is 1. The summed E-state index contributed by atoms with van der Waals surface area (Å²) in [6.45, 7) is 5.06. The van der Waals surface area contributed by atoms with E-state index < -0.39 is 32.5 Å². The van der Waals surface area contributed by atoms with Crippen molar-refractivity contribution in [3.63, 3.8) is 0 Å². The molecule has 10 heteroatoms. The molecule has 34 heavy (non-hydrogen) atoms. The SMILES string of the molecule is Cc1cccc(NS(=O)(=O)c2ccc(NC(=O)CN(c3cc(C)ccc3C)S(C)(=O)=O)cc2)c1. The van der Waals surface area contributed by atoms with Gasteiger partial charge in [0, 0.05) is 11.4 Å². The number of rotatable bonds is 8. The van der Waals surface area contributed by atoms with Crippen molar-refractivity contribution >= 4 is 43.0 Å². The molecule has 3 rings (SSSR count). The molecule has 180 valence electrons. The van der Waals surface area contributed by atoms with Crippen molar-refractivity contribution in [2.45, 2.75) is 25.7 Å². The molecule has 2 N–H and O–H groups in total. The lowest BCUT2D eigenvalue weighted by Crippen LogP contribution is -2.37. The minimum atomic E-state index is -3.81. The Morgan fingerprint density at radius 3 is 2.09 bits per heavy atom. The maximum atomic E-state index is 12.6. The summed E-state index contributed by atoms with van der Waals surface area (Å²) < 4.78 is 53.6. The third-order valence-electron chi connectivity index (χ3n) is 5.04. The fourth-order valence-corrected chi connectivity index (χ4v) is 5.30. The van der Waals surface area contributed by atoms with E-state index in [9.17, 15) is 21.6 Å². The number of sulfonamides is 2. The Kier molecular flexibility index (Phi) is 7.32. The quantitative estimate of drug-likeness (QED) is 0.487. The molecule has 0 aliphatic rings. The molecule has 0 heterocycles. The van der Waals surface area contributed by atoms with Crippen LogP contribution in [0.25, 0.3) is 0 Å². The number of aryl methyl sites for hydroxylation is 3. The number of carbonyl (C=O) groups excluding carboxylic acids is 1. The maximum absolute atomic E-state index is 12.6. The first-order valence-electron chi connectivity index (χ1n) is 10.4. The van der Waals surface area contributed by atoms with Gasteiger partial charge in [-0.3, -0.25) is 13.8 Å². The largest absolute Gasteiger partial charge is 0.325 e. The van der Waals surface area contributed by atoms with Crippen LogP contribution in [0.1, 0.15) is 16.7 Å². The van der Waals surface area contributed by atoms with E-state index in [4.69, 9.17) is 0 Å². The smallest absolute Gasteiger partial charge is 0.261 e. The van der Waals surface area contributed by atoms with Gasteiger partial charge in [0.15, 0.2) is 0 Å². The van der Waals surface area contributed by atoms with E-state index in [0.29, 0.717) is 17.1 Å². The van der Waals surface area contributed by atoms with Crippen LogP contribution in [-0.4, -0.2) is 35.5 Å². The Morgan fingerprint density at radius 1 is 0.824 bits per heavy atom. The van der Waals surface area contributed by atoms with E-state index in [1.54, 1.807) is 37.3 Å². The van der Waals surface area contributed by atoms with Crippen LogP contribution in [0.4, 0.5) is 17.1 Å². The summed E-state index contributed by atoms with van der Waals surface area (Å²) in [5.74, 6) is -0.556. The number of anilines is 3. The molecular weight excluding hydrogens is 474 g/mol. The van der Waals surface area contributed by atoms with Crippen molar-refractivity contribution in [2.24, 2.45) is 0 Å². The van der Waals surface area contributed by atoms with Gasteiger partial charge in [0.2, 0.25) is 15.9 Å². The van der Waals surface area contributed by atoms with Gasteiger partial charge in [-0.2, -0.15) is 0 Å². The van der Waals surface area contributed by atoms with E-state index in [2.05, 4.69) is 10.0 Å². The number of hydrogen-bond donors (Lipinski definition) is 2. The zero-order valence-electron chi connectivity index (χ0n) is 19.4.